The molecule has 1 aliphatic rings. The third-order valence-corrected chi connectivity index (χ3v) is 4.55. The molecule has 0 aliphatic heterocycles. The lowest BCUT2D eigenvalue weighted by molar-refractivity contribution is -0.121. The molecule has 2 aromatic rings. The second kappa shape index (κ2) is 5.54. The zero-order valence-corrected chi connectivity index (χ0v) is 12.3. The molecule has 6 heteroatoms. The molecule has 0 atom stereocenters. The van der Waals surface area contributed by atoms with Gasteiger partial charge in [-0.15, -0.1) is 11.3 Å². The van der Waals surface area contributed by atoms with Gasteiger partial charge in [-0.2, -0.15) is 0 Å². The Bertz CT molecular complexity index is 664. The first-order valence-corrected chi connectivity index (χ1v) is 7.77. The van der Waals surface area contributed by atoms with Gasteiger partial charge in [0.1, 0.15) is 5.82 Å². The minimum absolute atomic E-state index is 0.180. The number of nitrogens with one attached hydrogen (secondary N) is 1. The number of halogens is 1. The number of amides is 1. The topological polar surface area (TPSA) is 68.0 Å². The minimum Gasteiger partial charge on any atom is -0.317 e. The minimum atomic E-state index is -0.773. The van der Waals surface area contributed by atoms with E-state index in [9.17, 15) is 9.18 Å². The summed E-state index contributed by atoms with van der Waals surface area (Å²) in [6.07, 6.45) is 3.38. The summed E-state index contributed by atoms with van der Waals surface area (Å²) in [5.74, 6) is -0.488. The molecule has 1 aromatic heterocycles. The Morgan fingerprint density at radius 1 is 1.38 bits per heavy atom. The van der Waals surface area contributed by atoms with Crippen LogP contribution in [0, 0.1) is 5.82 Å². The highest BCUT2D eigenvalue weighted by Crippen LogP contribution is 2.30. The lowest BCUT2D eigenvalue weighted by Crippen LogP contribution is -2.48. The molecular formula is C15H16FN3OS. The number of hydrogen-bond acceptors (Lipinski definition) is 4. The number of thiazole rings is 1. The van der Waals surface area contributed by atoms with Crippen LogP contribution in [0.4, 0.5) is 9.52 Å². The fourth-order valence-electron chi connectivity index (χ4n) is 2.57. The van der Waals surface area contributed by atoms with Crippen molar-refractivity contribution in [2.45, 2.75) is 31.2 Å². The van der Waals surface area contributed by atoms with Gasteiger partial charge in [0.05, 0.1) is 11.2 Å². The standard InChI is InChI=1S/C15H16FN3OS/c16-11-5-3-4-10(8-11)12-9-21-14(18-12)19-13(20)15(17)6-1-2-7-15/h3-5,8-9H,1-2,6-7,17H2,(H,18,19,20). The monoisotopic (exact) mass is 305 g/mol. The summed E-state index contributed by atoms with van der Waals surface area (Å²) in [5, 5.41) is 5.07. The fourth-order valence-corrected chi connectivity index (χ4v) is 3.28. The number of nitrogens with two attached hydrogens (primary N) is 1. The molecule has 3 rings (SSSR count). The molecule has 0 saturated heterocycles. The molecule has 1 saturated carbocycles. The molecule has 0 radical (unpaired) electrons. The van der Waals surface area contributed by atoms with Crippen molar-refractivity contribution in [3.05, 3.63) is 35.5 Å². The summed E-state index contributed by atoms with van der Waals surface area (Å²) in [4.78, 5) is 16.5. The van der Waals surface area contributed by atoms with E-state index in [-0.39, 0.29) is 11.7 Å². The number of carbonyl (C=O) groups excluding carboxylic acids is 1. The van der Waals surface area contributed by atoms with E-state index in [1.165, 1.54) is 23.5 Å². The maximum atomic E-state index is 13.2. The summed E-state index contributed by atoms with van der Waals surface area (Å²) in [6.45, 7) is 0. The summed E-state index contributed by atoms with van der Waals surface area (Å²) in [7, 11) is 0. The normalized spacial score (nSPS) is 16.9. The van der Waals surface area contributed by atoms with E-state index in [2.05, 4.69) is 10.3 Å². The van der Waals surface area contributed by atoms with E-state index in [1.807, 2.05) is 0 Å². The van der Waals surface area contributed by atoms with E-state index in [4.69, 9.17) is 5.73 Å². The Kier molecular flexibility index (Phi) is 3.73. The van der Waals surface area contributed by atoms with Gasteiger partial charge in [-0.25, -0.2) is 9.37 Å². The zero-order valence-electron chi connectivity index (χ0n) is 11.4. The van der Waals surface area contributed by atoms with Gasteiger partial charge in [-0.1, -0.05) is 25.0 Å². The van der Waals surface area contributed by atoms with Crippen LogP contribution in [0.15, 0.2) is 29.6 Å². The van der Waals surface area contributed by atoms with E-state index in [0.717, 1.165) is 12.8 Å². The lowest BCUT2D eigenvalue weighted by atomic mass is 9.98. The molecule has 0 bridgehead atoms. The summed E-state index contributed by atoms with van der Waals surface area (Å²) in [5.41, 5.74) is 6.67. The summed E-state index contributed by atoms with van der Waals surface area (Å²) >= 11 is 1.32. The van der Waals surface area contributed by atoms with Crippen LogP contribution in [0.25, 0.3) is 11.3 Å². The van der Waals surface area contributed by atoms with Gasteiger partial charge in [0.2, 0.25) is 5.91 Å². The number of carbonyl (C=O) groups is 1. The molecule has 110 valence electrons. The van der Waals surface area contributed by atoms with Gasteiger partial charge in [-0.3, -0.25) is 4.79 Å². The van der Waals surface area contributed by atoms with E-state index in [1.54, 1.807) is 17.5 Å². The van der Waals surface area contributed by atoms with E-state index in [0.29, 0.717) is 29.2 Å². The number of aromatic nitrogens is 1. The summed E-state index contributed by atoms with van der Waals surface area (Å²) in [6, 6.07) is 6.22. The first kappa shape index (κ1) is 14.2. The van der Waals surface area contributed by atoms with Crippen LogP contribution in [0.5, 0.6) is 0 Å². The van der Waals surface area contributed by atoms with Crippen molar-refractivity contribution in [2.24, 2.45) is 5.73 Å². The maximum Gasteiger partial charge on any atom is 0.246 e. The average molecular weight is 305 g/mol. The van der Waals surface area contributed by atoms with Crippen LogP contribution in [0.2, 0.25) is 0 Å². The molecule has 1 aliphatic carbocycles. The van der Waals surface area contributed by atoms with Gasteiger partial charge in [0.25, 0.3) is 0 Å². The van der Waals surface area contributed by atoms with Crippen molar-refractivity contribution in [3.63, 3.8) is 0 Å². The number of anilines is 1. The van der Waals surface area contributed by atoms with Crippen LogP contribution < -0.4 is 11.1 Å². The molecule has 1 fully saturated rings. The number of rotatable bonds is 3. The molecule has 3 N–H and O–H groups in total. The second-order valence-corrected chi connectivity index (χ2v) is 6.22. The number of hydrogen-bond donors (Lipinski definition) is 2. The second-order valence-electron chi connectivity index (χ2n) is 5.37. The van der Waals surface area contributed by atoms with E-state index < -0.39 is 5.54 Å². The van der Waals surface area contributed by atoms with Crippen molar-refractivity contribution in [3.8, 4) is 11.3 Å². The Morgan fingerprint density at radius 3 is 2.86 bits per heavy atom. The quantitative estimate of drug-likeness (QED) is 0.915. The van der Waals surface area contributed by atoms with Gasteiger partial charge in [0.15, 0.2) is 5.13 Å². The van der Waals surface area contributed by atoms with Crippen molar-refractivity contribution < 1.29 is 9.18 Å². The van der Waals surface area contributed by atoms with Gasteiger partial charge in [0, 0.05) is 10.9 Å². The molecule has 1 heterocycles. The lowest BCUT2D eigenvalue weighted by Gasteiger charge is -2.21. The van der Waals surface area contributed by atoms with Crippen molar-refractivity contribution in [1.29, 1.82) is 0 Å². The smallest absolute Gasteiger partial charge is 0.246 e. The molecule has 4 nitrogen and oxygen atoms in total. The highest BCUT2D eigenvalue weighted by atomic mass is 32.1. The SMILES string of the molecule is NC1(C(=O)Nc2nc(-c3cccc(F)c3)cs2)CCCC1. The van der Waals surface area contributed by atoms with Crippen molar-refractivity contribution in [1.82, 2.24) is 4.98 Å². The van der Waals surface area contributed by atoms with Crippen LogP contribution in [-0.4, -0.2) is 16.4 Å². The highest BCUT2D eigenvalue weighted by Gasteiger charge is 2.37. The Hall–Kier alpha value is -1.79. The van der Waals surface area contributed by atoms with Crippen LogP contribution in [-0.2, 0) is 4.79 Å². The van der Waals surface area contributed by atoms with Crippen LogP contribution in [0.1, 0.15) is 25.7 Å². The Labute approximate surface area is 126 Å². The van der Waals surface area contributed by atoms with Crippen molar-refractivity contribution in [2.75, 3.05) is 5.32 Å². The predicted octanol–water partition coefficient (Wildman–Crippen LogP) is 3.16. The van der Waals surface area contributed by atoms with Crippen LogP contribution >= 0.6 is 11.3 Å². The maximum absolute atomic E-state index is 13.2. The average Bonchev–Trinajstić information content (AvgIpc) is 3.09. The molecule has 21 heavy (non-hydrogen) atoms. The van der Waals surface area contributed by atoms with E-state index >= 15 is 0 Å². The number of nitrogens with zero attached hydrogens (tertiary/aromatic N) is 1. The predicted molar refractivity (Wildman–Crippen MR) is 81.5 cm³/mol. The van der Waals surface area contributed by atoms with Gasteiger partial charge in [-0.05, 0) is 25.0 Å². The first-order valence-electron chi connectivity index (χ1n) is 6.89. The Morgan fingerprint density at radius 2 is 2.14 bits per heavy atom. The molecular weight excluding hydrogens is 289 g/mol. The fraction of sp³-hybridized carbons (Fsp3) is 0.333. The van der Waals surface area contributed by atoms with Crippen molar-refractivity contribution >= 4 is 22.4 Å². The molecule has 1 amide bonds. The largest absolute Gasteiger partial charge is 0.317 e. The molecule has 1 aromatic carbocycles. The zero-order chi connectivity index (χ0) is 14.9. The summed E-state index contributed by atoms with van der Waals surface area (Å²) < 4.78 is 13.2. The highest BCUT2D eigenvalue weighted by molar-refractivity contribution is 7.14. The molecule has 0 spiro atoms. The first-order chi connectivity index (χ1) is 10.1. The number of benzene rings is 1. The molecule has 0 unspecified atom stereocenters. The van der Waals surface area contributed by atoms with Crippen LogP contribution in [0.3, 0.4) is 0 Å². The van der Waals surface area contributed by atoms with Gasteiger partial charge >= 0.3 is 0 Å². The third-order valence-electron chi connectivity index (χ3n) is 3.79. The van der Waals surface area contributed by atoms with Gasteiger partial charge < -0.3 is 11.1 Å². The Balaban J connectivity index is 1.75. The third kappa shape index (κ3) is 2.96.